The molecule has 31 heavy (non-hydrogen) atoms. The van der Waals surface area contributed by atoms with Crippen LogP contribution in [0.4, 0.5) is 4.79 Å². The average molecular weight is 414 g/mol. The van der Waals surface area contributed by atoms with Gasteiger partial charge in [0.25, 0.3) is 0 Å². The number of amides is 1. The van der Waals surface area contributed by atoms with Crippen LogP contribution in [0.1, 0.15) is 43.2 Å². The second kappa shape index (κ2) is 8.61. The van der Waals surface area contributed by atoms with E-state index >= 15 is 0 Å². The first-order valence-corrected chi connectivity index (χ1v) is 11.1. The van der Waals surface area contributed by atoms with Crippen LogP contribution < -0.4 is 0 Å². The Morgan fingerprint density at radius 2 is 1.77 bits per heavy atom. The van der Waals surface area contributed by atoms with Crippen LogP contribution in [0.5, 0.6) is 0 Å². The molecule has 2 aliphatic heterocycles. The fraction of sp³-hybridized carbons (Fsp3) is 0.370. The number of carbonyl (C=O) groups excluding carboxylic acids is 1. The molecule has 1 amide bonds. The lowest BCUT2D eigenvalue weighted by atomic mass is 9.93. The molecular formula is C27H27NO3. The standard InChI is InChI=1S/C27H27NO3/c1-2-3-4-9-19-14-20-16-30-17-21(15-19)28(20)27(29)31-18-26-24-12-7-5-10-22(24)23-11-6-8-13-25(23)26/h5-8,10-14,20-21,26H,2,9,15-18H2,1H3. The maximum atomic E-state index is 13.2. The zero-order valence-electron chi connectivity index (χ0n) is 17.8. The monoisotopic (exact) mass is 413 g/mol. The third-order valence-electron chi connectivity index (χ3n) is 6.44. The number of fused-ring (bicyclic) bond motifs is 5. The van der Waals surface area contributed by atoms with Crippen molar-refractivity contribution in [3.05, 3.63) is 71.3 Å². The summed E-state index contributed by atoms with van der Waals surface area (Å²) >= 11 is 0. The molecular weight excluding hydrogens is 386 g/mol. The highest BCUT2D eigenvalue weighted by Crippen LogP contribution is 2.44. The van der Waals surface area contributed by atoms with Crippen LogP contribution in [-0.2, 0) is 9.47 Å². The van der Waals surface area contributed by atoms with Gasteiger partial charge in [-0.15, -0.1) is 5.92 Å². The molecule has 4 heteroatoms. The molecule has 0 aromatic heterocycles. The van der Waals surface area contributed by atoms with Crippen LogP contribution in [0.2, 0.25) is 0 Å². The van der Waals surface area contributed by atoms with Gasteiger partial charge in [-0.25, -0.2) is 4.79 Å². The molecule has 2 aromatic rings. The van der Waals surface area contributed by atoms with Gasteiger partial charge in [-0.3, -0.25) is 4.90 Å². The highest BCUT2D eigenvalue weighted by Gasteiger charge is 2.39. The Labute approximate surface area is 183 Å². The summed E-state index contributed by atoms with van der Waals surface area (Å²) in [4.78, 5) is 15.0. The van der Waals surface area contributed by atoms with Crippen molar-refractivity contribution in [1.82, 2.24) is 4.90 Å². The predicted octanol–water partition coefficient (Wildman–Crippen LogP) is 5.14. The minimum Gasteiger partial charge on any atom is -0.448 e. The molecule has 3 aliphatic rings. The van der Waals surface area contributed by atoms with Gasteiger partial charge in [0.2, 0.25) is 0 Å². The minimum absolute atomic E-state index is 0.0258. The molecule has 1 saturated heterocycles. The lowest BCUT2D eigenvalue weighted by molar-refractivity contribution is -0.0363. The third kappa shape index (κ3) is 3.75. The smallest absolute Gasteiger partial charge is 0.410 e. The first-order valence-electron chi connectivity index (χ1n) is 11.1. The third-order valence-corrected chi connectivity index (χ3v) is 6.44. The topological polar surface area (TPSA) is 38.8 Å². The van der Waals surface area contributed by atoms with Crippen molar-refractivity contribution >= 4 is 6.09 Å². The summed E-state index contributed by atoms with van der Waals surface area (Å²) in [6.45, 7) is 3.48. The summed E-state index contributed by atoms with van der Waals surface area (Å²) in [7, 11) is 0. The van der Waals surface area contributed by atoms with Gasteiger partial charge in [-0.2, -0.15) is 0 Å². The number of ether oxygens (including phenoxy) is 2. The maximum Gasteiger partial charge on any atom is 0.410 e. The van der Waals surface area contributed by atoms with Crippen molar-refractivity contribution < 1.29 is 14.3 Å². The Balaban J connectivity index is 1.31. The zero-order chi connectivity index (χ0) is 21.2. The number of morpholine rings is 1. The van der Waals surface area contributed by atoms with Crippen LogP contribution >= 0.6 is 0 Å². The van der Waals surface area contributed by atoms with Gasteiger partial charge in [0.1, 0.15) is 6.61 Å². The normalized spacial score (nSPS) is 21.5. The highest BCUT2D eigenvalue weighted by molar-refractivity contribution is 5.79. The van der Waals surface area contributed by atoms with Gasteiger partial charge in [0, 0.05) is 18.8 Å². The minimum atomic E-state index is -0.241. The Hall–Kier alpha value is -3.03. The molecule has 2 bridgehead atoms. The molecule has 2 aromatic carbocycles. The number of benzene rings is 2. The van der Waals surface area contributed by atoms with E-state index in [0.717, 1.165) is 19.3 Å². The molecule has 5 rings (SSSR count). The van der Waals surface area contributed by atoms with Gasteiger partial charge in [0.15, 0.2) is 0 Å². The van der Waals surface area contributed by atoms with E-state index in [1.807, 2.05) is 4.90 Å². The summed E-state index contributed by atoms with van der Waals surface area (Å²) in [5, 5.41) is 0. The van der Waals surface area contributed by atoms with Crippen molar-refractivity contribution in [3.8, 4) is 23.0 Å². The second-order valence-corrected chi connectivity index (χ2v) is 8.38. The van der Waals surface area contributed by atoms with E-state index in [9.17, 15) is 4.79 Å². The van der Waals surface area contributed by atoms with Crippen molar-refractivity contribution in [1.29, 1.82) is 0 Å². The fourth-order valence-electron chi connectivity index (χ4n) is 5.07. The van der Waals surface area contributed by atoms with E-state index < -0.39 is 0 Å². The summed E-state index contributed by atoms with van der Waals surface area (Å²) in [5.74, 6) is 6.44. The van der Waals surface area contributed by atoms with Crippen LogP contribution in [-0.4, -0.2) is 42.9 Å². The summed E-state index contributed by atoms with van der Waals surface area (Å²) in [6, 6.07) is 16.8. The number of hydrogen-bond donors (Lipinski definition) is 0. The average Bonchev–Trinajstić information content (AvgIpc) is 3.11. The van der Waals surface area contributed by atoms with E-state index in [1.165, 1.54) is 27.8 Å². The second-order valence-electron chi connectivity index (χ2n) is 8.38. The van der Waals surface area contributed by atoms with E-state index in [1.54, 1.807) is 0 Å². The van der Waals surface area contributed by atoms with Crippen molar-refractivity contribution in [2.75, 3.05) is 19.8 Å². The van der Waals surface area contributed by atoms with Crippen LogP contribution in [0.15, 0.2) is 60.2 Å². The molecule has 2 unspecified atom stereocenters. The van der Waals surface area contributed by atoms with E-state index in [2.05, 4.69) is 73.4 Å². The molecule has 1 fully saturated rings. The number of hydrogen-bond acceptors (Lipinski definition) is 3. The molecule has 4 nitrogen and oxygen atoms in total. The first-order chi connectivity index (χ1) is 15.3. The van der Waals surface area contributed by atoms with E-state index in [0.29, 0.717) is 19.8 Å². The molecule has 1 aliphatic carbocycles. The lowest BCUT2D eigenvalue weighted by Crippen LogP contribution is -2.56. The Morgan fingerprint density at radius 1 is 1.06 bits per heavy atom. The lowest BCUT2D eigenvalue weighted by Gasteiger charge is -2.43. The molecule has 0 N–H and O–H groups in total. The van der Waals surface area contributed by atoms with Crippen LogP contribution in [0, 0.1) is 11.8 Å². The van der Waals surface area contributed by atoms with Gasteiger partial charge in [-0.1, -0.05) is 73.0 Å². The van der Waals surface area contributed by atoms with Crippen LogP contribution in [0.3, 0.4) is 0 Å². The number of rotatable bonds is 3. The van der Waals surface area contributed by atoms with Crippen molar-refractivity contribution in [2.24, 2.45) is 0 Å². The maximum absolute atomic E-state index is 13.2. The molecule has 0 saturated carbocycles. The quantitative estimate of drug-likeness (QED) is 0.517. The Bertz CT molecular complexity index is 1030. The van der Waals surface area contributed by atoms with Gasteiger partial charge in [0.05, 0.1) is 25.3 Å². The molecule has 2 heterocycles. The van der Waals surface area contributed by atoms with Crippen molar-refractivity contribution in [3.63, 3.8) is 0 Å². The summed E-state index contributed by atoms with van der Waals surface area (Å²) in [6.07, 6.45) is 4.37. The molecule has 0 radical (unpaired) electrons. The van der Waals surface area contributed by atoms with Gasteiger partial charge < -0.3 is 9.47 Å². The first kappa shape index (κ1) is 19.9. The largest absolute Gasteiger partial charge is 0.448 e. The molecule has 158 valence electrons. The Kier molecular flexibility index (Phi) is 5.53. The van der Waals surface area contributed by atoms with Crippen LogP contribution in [0.25, 0.3) is 11.1 Å². The predicted molar refractivity (Wildman–Crippen MR) is 121 cm³/mol. The fourth-order valence-corrected chi connectivity index (χ4v) is 5.07. The summed E-state index contributed by atoms with van der Waals surface area (Å²) in [5.41, 5.74) is 6.25. The van der Waals surface area contributed by atoms with Crippen molar-refractivity contribution in [2.45, 2.75) is 44.2 Å². The SMILES string of the molecule is CCC#CCC1=CC2COCC(C1)N2C(=O)OCC1c2ccccc2-c2ccccc21. The van der Waals surface area contributed by atoms with E-state index in [-0.39, 0.29) is 24.1 Å². The Morgan fingerprint density at radius 3 is 2.45 bits per heavy atom. The van der Waals surface area contributed by atoms with Gasteiger partial charge in [-0.05, 0) is 28.7 Å². The number of nitrogens with zero attached hydrogens (tertiary/aromatic N) is 1. The highest BCUT2D eigenvalue weighted by atomic mass is 16.6. The zero-order valence-corrected chi connectivity index (χ0v) is 17.8. The van der Waals surface area contributed by atoms with Gasteiger partial charge >= 0.3 is 6.09 Å². The molecule has 2 atom stereocenters. The van der Waals surface area contributed by atoms with E-state index in [4.69, 9.17) is 9.47 Å². The number of carbonyl (C=O) groups is 1. The molecule has 0 spiro atoms. The summed E-state index contributed by atoms with van der Waals surface area (Å²) < 4.78 is 11.7.